The third-order valence-electron chi connectivity index (χ3n) is 3.24. The first-order chi connectivity index (χ1) is 9.12. The van der Waals surface area contributed by atoms with E-state index >= 15 is 0 Å². The minimum absolute atomic E-state index is 0.0551. The Balaban J connectivity index is 2.83. The van der Waals surface area contributed by atoms with Crippen LogP contribution in [0.2, 0.25) is 0 Å². The Morgan fingerprint density at radius 2 is 1.79 bits per heavy atom. The van der Waals surface area contributed by atoms with Crippen LogP contribution in [0.3, 0.4) is 0 Å². The molecule has 1 aromatic rings. The van der Waals surface area contributed by atoms with Crippen molar-refractivity contribution >= 4 is 6.03 Å². The molecule has 1 rings (SSSR count). The molecule has 0 heterocycles. The highest BCUT2D eigenvalue weighted by atomic mass is 19.1. The fraction of sp³-hybridized carbons (Fsp3) is 0.533. The van der Waals surface area contributed by atoms with Crippen LogP contribution >= 0.6 is 0 Å². The van der Waals surface area contributed by atoms with E-state index in [0.29, 0.717) is 13.1 Å². The average Bonchev–Trinajstić information content (AvgIpc) is 2.41. The number of hydrogen-bond donors (Lipinski definition) is 1. The highest BCUT2D eigenvalue weighted by molar-refractivity contribution is 5.74. The van der Waals surface area contributed by atoms with Crippen LogP contribution in [0.4, 0.5) is 9.18 Å². The maximum atomic E-state index is 12.9. The normalized spacial score (nSPS) is 10.6. The summed E-state index contributed by atoms with van der Waals surface area (Å²) in [5.74, 6) is -0.254. The molecule has 19 heavy (non-hydrogen) atoms. The van der Waals surface area contributed by atoms with Gasteiger partial charge >= 0.3 is 6.03 Å². The summed E-state index contributed by atoms with van der Waals surface area (Å²) in [6, 6.07) is 6.46. The molecule has 0 radical (unpaired) electrons. The Kier molecular flexibility index (Phi) is 6.33. The van der Waals surface area contributed by atoms with Crippen molar-refractivity contribution in [3.05, 3.63) is 35.6 Å². The van der Waals surface area contributed by atoms with E-state index in [1.54, 1.807) is 12.1 Å². The van der Waals surface area contributed by atoms with Crippen LogP contribution in [0.25, 0.3) is 0 Å². The number of nitrogens with zero attached hydrogens (tertiary/aromatic N) is 1. The minimum Gasteiger partial charge on any atom is -0.338 e. The van der Waals surface area contributed by atoms with Gasteiger partial charge in [-0.05, 0) is 37.5 Å². The zero-order valence-corrected chi connectivity index (χ0v) is 11.9. The van der Waals surface area contributed by atoms with E-state index in [2.05, 4.69) is 19.2 Å². The molecule has 0 unspecified atom stereocenters. The van der Waals surface area contributed by atoms with E-state index in [1.165, 1.54) is 12.1 Å². The van der Waals surface area contributed by atoms with Crippen molar-refractivity contribution < 1.29 is 9.18 Å². The Labute approximate surface area is 114 Å². The molecule has 0 aliphatic heterocycles. The molecule has 0 aliphatic rings. The highest BCUT2D eigenvalue weighted by Gasteiger charge is 2.20. The van der Waals surface area contributed by atoms with Gasteiger partial charge in [-0.3, -0.25) is 0 Å². The molecular formula is C15H23FN2O. The summed E-state index contributed by atoms with van der Waals surface area (Å²) < 4.78 is 12.9. The number of benzene rings is 1. The van der Waals surface area contributed by atoms with Gasteiger partial charge in [-0.15, -0.1) is 0 Å². The first-order valence-corrected chi connectivity index (χ1v) is 6.91. The fourth-order valence-electron chi connectivity index (χ4n) is 2.14. The van der Waals surface area contributed by atoms with Crippen LogP contribution in [-0.2, 0) is 6.54 Å². The van der Waals surface area contributed by atoms with E-state index in [0.717, 1.165) is 18.4 Å². The Bertz CT molecular complexity index is 388. The quantitative estimate of drug-likeness (QED) is 0.839. The van der Waals surface area contributed by atoms with E-state index < -0.39 is 0 Å². The van der Waals surface area contributed by atoms with Crippen molar-refractivity contribution in [2.24, 2.45) is 0 Å². The van der Waals surface area contributed by atoms with Crippen LogP contribution in [0.5, 0.6) is 0 Å². The molecule has 4 heteroatoms. The van der Waals surface area contributed by atoms with Crippen LogP contribution in [0.15, 0.2) is 24.3 Å². The van der Waals surface area contributed by atoms with Crippen molar-refractivity contribution in [1.82, 2.24) is 10.2 Å². The van der Waals surface area contributed by atoms with Crippen LogP contribution in [0.1, 0.15) is 39.2 Å². The summed E-state index contributed by atoms with van der Waals surface area (Å²) in [5, 5.41) is 2.84. The first kappa shape index (κ1) is 15.5. The molecule has 0 bridgehead atoms. The number of hydrogen-bond acceptors (Lipinski definition) is 1. The SMILES string of the molecule is CCNC(=O)N(Cc1ccc(F)cc1)C(CC)CC. The molecule has 0 aliphatic carbocycles. The van der Waals surface area contributed by atoms with Crippen molar-refractivity contribution in [2.45, 2.75) is 46.2 Å². The topological polar surface area (TPSA) is 32.3 Å². The summed E-state index contributed by atoms with van der Waals surface area (Å²) in [6.45, 7) is 7.17. The lowest BCUT2D eigenvalue weighted by Crippen LogP contribution is -2.45. The number of carbonyl (C=O) groups is 1. The average molecular weight is 266 g/mol. The van der Waals surface area contributed by atoms with Gasteiger partial charge in [0.1, 0.15) is 5.82 Å². The predicted molar refractivity (Wildman–Crippen MR) is 75.4 cm³/mol. The van der Waals surface area contributed by atoms with Gasteiger partial charge in [0.15, 0.2) is 0 Å². The lowest BCUT2D eigenvalue weighted by molar-refractivity contribution is 0.166. The van der Waals surface area contributed by atoms with Gasteiger partial charge in [-0.1, -0.05) is 26.0 Å². The van der Waals surface area contributed by atoms with Gasteiger partial charge < -0.3 is 10.2 Å². The molecule has 0 saturated carbocycles. The second kappa shape index (κ2) is 7.77. The third kappa shape index (κ3) is 4.54. The number of urea groups is 1. The predicted octanol–water partition coefficient (Wildman–Crippen LogP) is 3.55. The molecule has 0 fully saturated rings. The molecule has 0 aromatic heterocycles. The molecule has 0 spiro atoms. The van der Waals surface area contributed by atoms with E-state index in [-0.39, 0.29) is 17.9 Å². The van der Waals surface area contributed by atoms with Crippen molar-refractivity contribution in [1.29, 1.82) is 0 Å². The van der Waals surface area contributed by atoms with E-state index in [1.807, 2.05) is 11.8 Å². The van der Waals surface area contributed by atoms with E-state index in [4.69, 9.17) is 0 Å². The largest absolute Gasteiger partial charge is 0.338 e. The van der Waals surface area contributed by atoms with Gasteiger partial charge in [-0.2, -0.15) is 0 Å². The third-order valence-corrected chi connectivity index (χ3v) is 3.24. The molecule has 0 saturated heterocycles. The monoisotopic (exact) mass is 266 g/mol. The van der Waals surface area contributed by atoms with Crippen LogP contribution in [0, 0.1) is 5.82 Å². The van der Waals surface area contributed by atoms with Gasteiger partial charge in [0, 0.05) is 19.1 Å². The van der Waals surface area contributed by atoms with Gasteiger partial charge in [-0.25, -0.2) is 9.18 Å². The smallest absolute Gasteiger partial charge is 0.317 e. The Hall–Kier alpha value is -1.58. The molecule has 1 N–H and O–H groups in total. The lowest BCUT2D eigenvalue weighted by atomic mass is 10.1. The molecule has 2 amide bonds. The van der Waals surface area contributed by atoms with Gasteiger partial charge in [0.2, 0.25) is 0 Å². The molecule has 3 nitrogen and oxygen atoms in total. The lowest BCUT2D eigenvalue weighted by Gasteiger charge is -2.30. The van der Waals surface area contributed by atoms with E-state index in [9.17, 15) is 9.18 Å². The maximum Gasteiger partial charge on any atom is 0.317 e. The number of amides is 2. The zero-order valence-electron chi connectivity index (χ0n) is 11.9. The Morgan fingerprint density at radius 3 is 2.26 bits per heavy atom. The standard InChI is InChI=1S/C15H23FN2O/c1-4-14(5-2)18(15(19)17-6-3)11-12-7-9-13(16)10-8-12/h7-10,14H,4-6,11H2,1-3H3,(H,17,19). The van der Waals surface area contributed by atoms with Crippen molar-refractivity contribution in [3.8, 4) is 0 Å². The number of rotatable bonds is 6. The maximum absolute atomic E-state index is 12.9. The number of carbonyl (C=O) groups excluding carboxylic acids is 1. The zero-order chi connectivity index (χ0) is 14.3. The van der Waals surface area contributed by atoms with Crippen molar-refractivity contribution in [2.75, 3.05) is 6.54 Å². The molecule has 106 valence electrons. The summed E-state index contributed by atoms with van der Waals surface area (Å²) in [7, 11) is 0. The Morgan fingerprint density at radius 1 is 1.21 bits per heavy atom. The number of nitrogens with one attached hydrogen (secondary N) is 1. The summed E-state index contributed by atoms with van der Waals surface area (Å²) in [4.78, 5) is 13.9. The van der Waals surface area contributed by atoms with Gasteiger partial charge in [0.25, 0.3) is 0 Å². The second-order valence-corrected chi connectivity index (χ2v) is 4.56. The van der Waals surface area contributed by atoms with Gasteiger partial charge in [0.05, 0.1) is 0 Å². The number of halogens is 1. The molecular weight excluding hydrogens is 243 g/mol. The minimum atomic E-state index is -0.254. The summed E-state index contributed by atoms with van der Waals surface area (Å²) in [5.41, 5.74) is 0.944. The van der Waals surface area contributed by atoms with Crippen LogP contribution < -0.4 is 5.32 Å². The molecule has 0 atom stereocenters. The first-order valence-electron chi connectivity index (χ1n) is 6.91. The summed E-state index contributed by atoms with van der Waals surface area (Å²) in [6.07, 6.45) is 1.82. The second-order valence-electron chi connectivity index (χ2n) is 4.56. The van der Waals surface area contributed by atoms with Crippen LogP contribution in [-0.4, -0.2) is 23.5 Å². The molecule has 1 aromatic carbocycles. The summed E-state index contributed by atoms with van der Waals surface area (Å²) >= 11 is 0. The van der Waals surface area contributed by atoms with Crippen molar-refractivity contribution in [3.63, 3.8) is 0 Å². The fourth-order valence-corrected chi connectivity index (χ4v) is 2.14. The highest BCUT2D eigenvalue weighted by Crippen LogP contribution is 2.14.